The number of nitrogens with one attached hydrogen (secondary N) is 1. The van der Waals surface area contributed by atoms with E-state index in [9.17, 15) is 4.79 Å². The average Bonchev–Trinajstić information content (AvgIpc) is 2.40. The highest BCUT2D eigenvalue weighted by Crippen LogP contribution is 2.11. The quantitative estimate of drug-likeness (QED) is 0.842. The third-order valence-electron chi connectivity index (χ3n) is 2.66. The normalized spacial score (nSPS) is 10.1. The molecule has 0 radical (unpaired) electrons. The summed E-state index contributed by atoms with van der Waals surface area (Å²) in [6.07, 6.45) is 0.857. The Hall–Kier alpha value is -1.36. The molecular formula is C15H14INO. The molecule has 2 aromatic rings. The Morgan fingerprint density at radius 2 is 1.67 bits per heavy atom. The minimum atomic E-state index is -0.00377. The molecule has 0 aliphatic heterocycles. The number of carbonyl (C=O) groups excluding carboxylic acids is 1. The van der Waals surface area contributed by atoms with Gasteiger partial charge in [-0.2, -0.15) is 0 Å². The van der Waals surface area contributed by atoms with Crippen molar-refractivity contribution in [2.45, 2.75) is 6.42 Å². The van der Waals surface area contributed by atoms with Crippen molar-refractivity contribution in [3.8, 4) is 0 Å². The third kappa shape index (κ3) is 3.57. The topological polar surface area (TPSA) is 29.1 Å². The number of carbonyl (C=O) groups is 1. The zero-order chi connectivity index (χ0) is 12.8. The van der Waals surface area contributed by atoms with Crippen molar-refractivity contribution in [1.29, 1.82) is 0 Å². The number of halogens is 1. The van der Waals surface area contributed by atoms with E-state index in [0.29, 0.717) is 6.54 Å². The van der Waals surface area contributed by atoms with Gasteiger partial charge in [0.15, 0.2) is 0 Å². The SMILES string of the molecule is O=C(NCCc1ccccc1)c1ccccc1I. The monoisotopic (exact) mass is 351 g/mol. The summed E-state index contributed by atoms with van der Waals surface area (Å²) in [6, 6.07) is 17.8. The molecule has 3 heteroatoms. The van der Waals surface area contributed by atoms with Gasteiger partial charge >= 0.3 is 0 Å². The maximum atomic E-state index is 11.9. The minimum Gasteiger partial charge on any atom is -0.352 e. The summed E-state index contributed by atoms with van der Waals surface area (Å²) < 4.78 is 0.979. The van der Waals surface area contributed by atoms with E-state index >= 15 is 0 Å². The fourth-order valence-electron chi connectivity index (χ4n) is 1.71. The lowest BCUT2D eigenvalue weighted by atomic mass is 10.1. The molecule has 2 rings (SSSR count). The van der Waals surface area contributed by atoms with E-state index in [-0.39, 0.29) is 5.91 Å². The first-order valence-electron chi connectivity index (χ1n) is 5.84. The fraction of sp³-hybridized carbons (Fsp3) is 0.133. The molecule has 1 N–H and O–H groups in total. The number of rotatable bonds is 4. The van der Waals surface area contributed by atoms with Crippen molar-refractivity contribution in [3.63, 3.8) is 0 Å². The highest BCUT2D eigenvalue weighted by molar-refractivity contribution is 14.1. The van der Waals surface area contributed by atoms with E-state index in [1.165, 1.54) is 5.56 Å². The van der Waals surface area contributed by atoms with E-state index < -0.39 is 0 Å². The summed E-state index contributed by atoms with van der Waals surface area (Å²) >= 11 is 2.18. The van der Waals surface area contributed by atoms with E-state index in [0.717, 1.165) is 15.6 Å². The number of hydrogen-bond donors (Lipinski definition) is 1. The van der Waals surface area contributed by atoms with Crippen LogP contribution in [0.4, 0.5) is 0 Å². The largest absolute Gasteiger partial charge is 0.352 e. The molecule has 0 fully saturated rings. The molecule has 0 bridgehead atoms. The summed E-state index contributed by atoms with van der Waals surface area (Å²) in [4.78, 5) is 11.9. The Balaban J connectivity index is 1.88. The van der Waals surface area contributed by atoms with Gasteiger partial charge in [0.05, 0.1) is 5.56 Å². The van der Waals surface area contributed by atoms with Crippen LogP contribution in [0.1, 0.15) is 15.9 Å². The zero-order valence-corrected chi connectivity index (χ0v) is 12.1. The van der Waals surface area contributed by atoms with Crippen molar-refractivity contribution in [1.82, 2.24) is 5.32 Å². The number of amides is 1. The fourth-order valence-corrected chi connectivity index (χ4v) is 2.34. The van der Waals surface area contributed by atoms with E-state index in [4.69, 9.17) is 0 Å². The Bertz CT molecular complexity index is 525. The van der Waals surface area contributed by atoms with Gasteiger partial charge in [-0.05, 0) is 46.7 Å². The maximum absolute atomic E-state index is 11.9. The lowest BCUT2D eigenvalue weighted by molar-refractivity contribution is 0.0953. The average molecular weight is 351 g/mol. The Morgan fingerprint density at radius 1 is 1.00 bits per heavy atom. The molecule has 2 nitrogen and oxygen atoms in total. The lowest BCUT2D eigenvalue weighted by Crippen LogP contribution is -2.26. The molecule has 0 aliphatic rings. The predicted octanol–water partition coefficient (Wildman–Crippen LogP) is 3.26. The van der Waals surface area contributed by atoms with Crippen LogP contribution in [0.5, 0.6) is 0 Å². The van der Waals surface area contributed by atoms with Crippen LogP contribution in [-0.4, -0.2) is 12.5 Å². The molecular weight excluding hydrogens is 337 g/mol. The smallest absolute Gasteiger partial charge is 0.252 e. The van der Waals surface area contributed by atoms with E-state index in [2.05, 4.69) is 40.0 Å². The van der Waals surface area contributed by atoms with Crippen molar-refractivity contribution in [2.75, 3.05) is 6.54 Å². The molecule has 18 heavy (non-hydrogen) atoms. The van der Waals surface area contributed by atoms with E-state index in [1.54, 1.807) is 0 Å². The van der Waals surface area contributed by atoms with Gasteiger partial charge in [-0.25, -0.2) is 0 Å². The summed E-state index contributed by atoms with van der Waals surface area (Å²) in [5.74, 6) is -0.00377. The van der Waals surface area contributed by atoms with Gasteiger partial charge in [0.25, 0.3) is 5.91 Å². The maximum Gasteiger partial charge on any atom is 0.252 e. The Labute approximate surface area is 121 Å². The van der Waals surface area contributed by atoms with E-state index in [1.807, 2.05) is 42.5 Å². The first kappa shape index (κ1) is 13.1. The molecule has 0 saturated carbocycles. The third-order valence-corrected chi connectivity index (χ3v) is 3.60. The van der Waals surface area contributed by atoms with Crippen molar-refractivity contribution in [2.24, 2.45) is 0 Å². The van der Waals surface area contributed by atoms with Crippen LogP contribution in [0.2, 0.25) is 0 Å². The van der Waals surface area contributed by atoms with Crippen LogP contribution in [0.25, 0.3) is 0 Å². The Morgan fingerprint density at radius 3 is 2.39 bits per heavy atom. The van der Waals surface area contributed by atoms with Gasteiger partial charge < -0.3 is 5.32 Å². The molecule has 0 spiro atoms. The van der Waals surface area contributed by atoms with Crippen molar-refractivity contribution < 1.29 is 4.79 Å². The minimum absolute atomic E-state index is 0.00377. The number of benzene rings is 2. The highest BCUT2D eigenvalue weighted by atomic mass is 127. The van der Waals surface area contributed by atoms with Gasteiger partial charge in [-0.3, -0.25) is 4.79 Å². The number of hydrogen-bond acceptors (Lipinski definition) is 1. The molecule has 0 atom stereocenters. The molecule has 0 aliphatic carbocycles. The summed E-state index contributed by atoms with van der Waals surface area (Å²) in [6.45, 7) is 0.661. The second kappa shape index (κ2) is 6.54. The Kier molecular flexibility index (Phi) is 4.75. The van der Waals surface area contributed by atoms with Gasteiger partial charge in [-0.1, -0.05) is 42.5 Å². The standard InChI is InChI=1S/C15H14INO/c16-14-9-5-4-8-13(14)15(18)17-11-10-12-6-2-1-3-7-12/h1-9H,10-11H2,(H,17,18). The van der Waals surface area contributed by atoms with Gasteiger partial charge in [0, 0.05) is 10.1 Å². The van der Waals surface area contributed by atoms with Crippen LogP contribution in [-0.2, 0) is 6.42 Å². The van der Waals surface area contributed by atoms with Gasteiger partial charge in [0.1, 0.15) is 0 Å². The first-order valence-corrected chi connectivity index (χ1v) is 6.92. The van der Waals surface area contributed by atoms with Crippen molar-refractivity contribution in [3.05, 3.63) is 69.3 Å². The van der Waals surface area contributed by atoms with Crippen LogP contribution in [0.3, 0.4) is 0 Å². The predicted molar refractivity (Wildman–Crippen MR) is 81.6 cm³/mol. The van der Waals surface area contributed by atoms with Crippen LogP contribution < -0.4 is 5.32 Å². The molecule has 2 aromatic carbocycles. The lowest BCUT2D eigenvalue weighted by Gasteiger charge is -2.06. The van der Waals surface area contributed by atoms with Gasteiger partial charge in [0.2, 0.25) is 0 Å². The molecule has 0 aromatic heterocycles. The van der Waals surface area contributed by atoms with Crippen molar-refractivity contribution >= 4 is 28.5 Å². The van der Waals surface area contributed by atoms with Crippen LogP contribution in [0, 0.1) is 3.57 Å². The molecule has 0 heterocycles. The second-order valence-corrected chi connectivity index (χ2v) is 5.13. The molecule has 92 valence electrons. The molecule has 0 saturated heterocycles. The molecule has 0 unspecified atom stereocenters. The summed E-state index contributed by atoms with van der Waals surface area (Å²) in [5.41, 5.74) is 1.98. The molecule has 1 amide bonds. The highest BCUT2D eigenvalue weighted by Gasteiger charge is 2.07. The van der Waals surface area contributed by atoms with Crippen LogP contribution >= 0.6 is 22.6 Å². The summed E-state index contributed by atoms with van der Waals surface area (Å²) in [5, 5.41) is 2.94. The summed E-state index contributed by atoms with van der Waals surface area (Å²) in [7, 11) is 0. The second-order valence-electron chi connectivity index (χ2n) is 3.97. The van der Waals surface area contributed by atoms with Gasteiger partial charge in [-0.15, -0.1) is 0 Å². The zero-order valence-electron chi connectivity index (χ0n) is 9.90. The first-order chi connectivity index (χ1) is 8.77. The van der Waals surface area contributed by atoms with Crippen LogP contribution in [0.15, 0.2) is 54.6 Å².